The van der Waals surface area contributed by atoms with Gasteiger partial charge in [0.05, 0.1) is 25.4 Å². The van der Waals surface area contributed by atoms with Crippen LogP contribution in [0.25, 0.3) is 0 Å². The van der Waals surface area contributed by atoms with Gasteiger partial charge in [0.2, 0.25) is 0 Å². The number of benzene rings is 2. The average Bonchev–Trinajstić information content (AvgIpc) is 2.89. The largest absolute Gasteiger partial charge is 0.494 e. The minimum absolute atomic E-state index is 0.0487. The number of aryl methyl sites for hydroxylation is 2. The van der Waals surface area contributed by atoms with E-state index in [0.29, 0.717) is 56.1 Å². The predicted octanol–water partition coefficient (Wildman–Crippen LogP) is 6.22. The van der Waals surface area contributed by atoms with E-state index in [2.05, 4.69) is 13.8 Å². The lowest BCUT2D eigenvalue weighted by molar-refractivity contribution is -0.138. The topological polar surface area (TPSA) is 119 Å². The summed E-state index contributed by atoms with van der Waals surface area (Å²) < 4.78 is 17.6. The number of unbranched alkanes of at least 4 members (excludes halogenated alkanes) is 3. The Morgan fingerprint density at radius 1 is 0.872 bits per heavy atom. The van der Waals surface area contributed by atoms with Crippen LogP contribution >= 0.6 is 0 Å². The molecule has 39 heavy (non-hydrogen) atoms. The number of hydrogen-bond acceptors (Lipinski definition) is 6. The van der Waals surface area contributed by atoms with Gasteiger partial charge in [-0.15, -0.1) is 0 Å². The molecule has 2 aromatic rings. The van der Waals surface area contributed by atoms with E-state index < -0.39 is 11.9 Å². The van der Waals surface area contributed by atoms with Gasteiger partial charge >= 0.3 is 11.9 Å². The quantitative estimate of drug-likeness (QED) is 0.227. The van der Waals surface area contributed by atoms with E-state index in [1.807, 2.05) is 30.3 Å². The maximum atomic E-state index is 12.2. The highest BCUT2D eigenvalue weighted by atomic mass is 16.5. The number of aliphatic carboxylic acids is 2. The Morgan fingerprint density at radius 3 is 2.36 bits per heavy atom. The molecular weight excluding hydrogens is 500 g/mol. The zero-order valence-corrected chi connectivity index (χ0v) is 23.0. The summed E-state index contributed by atoms with van der Waals surface area (Å²) in [7, 11) is 0. The van der Waals surface area contributed by atoms with Crippen LogP contribution in [0.3, 0.4) is 0 Å². The number of rotatable bonds is 17. The second kappa shape index (κ2) is 15.1. The Morgan fingerprint density at radius 2 is 1.62 bits per heavy atom. The Balaban J connectivity index is 1.46. The van der Waals surface area contributed by atoms with Crippen molar-refractivity contribution >= 4 is 17.7 Å². The summed E-state index contributed by atoms with van der Waals surface area (Å²) in [6, 6.07) is 9.44. The third kappa shape index (κ3) is 9.30. The highest BCUT2D eigenvalue weighted by Gasteiger charge is 2.25. The molecule has 8 heteroatoms. The molecule has 0 fully saturated rings. The molecule has 2 N–H and O–H groups in total. The minimum atomic E-state index is -0.853. The summed E-state index contributed by atoms with van der Waals surface area (Å²) in [6.07, 6.45) is 6.13. The minimum Gasteiger partial charge on any atom is -0.494 e. The maximum absolute atomic E-state index is 12.2. The fourth-order valence-electron chi connectivity index (χ4n) is 4.79. The van der Waals surface area contributed by atoms with E-state index >= 15 is 0 Å². The molecule has 1 aliphatic rings. The highest BCUT2D eigenvalue weighted by molar-refractivity contribution is 6.00. The molecular formula is C31H40O8. The van der Waals surface area contributed by atoms with Crippen LogP contribution in [0.2, 0.25) is 0 Å². The van der Waals surface area contributed by atoms with Crippen molar-refractivity contribution in [3.05, 3.63) is 52.6 Å². The Hall–Kier alpha value is -3.55. The number of carboxylic acids is 2. The first-order valence-corrected chi connectivity index (χ1v) is 13.9. The Kier molecular flexibility index (Phi) is 11.6. The zero-order valence-electron chi connectivity index (χ0n) is 23.0. The fraction of sp³-hybridized carbons (Fsp3) is 0.516. The normalized spacial score (nSPS) is 12.6. The number of ether oxygens (including phenoxy) is 3. The summed E-state index contributed by atoms with van der Waals surface area (Å²) >= 11 is 0. The Bertz CT molecular complexity index is 1140. The molecule has 1 aliphatic heterocycles. The molecule has 0 aromatic heterocycles. The van der Waals surface area contributed by atoms with Gasteiger partial charge in [0.15, 0.2) is 5.78 Å². The molecule has 212 valence electrons. The van der Waals surface area contributed by atoms with Gasteiger partial charge in [0, 0.05) is 24.8 Å². The lowest BCUT2D eigenvalue weighted by Gasteiger charge is -2.24. The number of hydrogen-bond donors (Lipinski definition) is 2. The number of carbonyl (C=O) groups is 3. The van der Waals surface area contributed by atoms with E-state index in [9.17, 15) is 14.4 Å². The second-order valence-corrected chi connectivity index (χ2v) is 10.2. The van der Waals surface area contributed by atoms with Crippen LogP contribution in [0.5, 0.6) is 17.2 Å². The zero-order chi connectivity index (χ0) is 28.2. The van der Waals surface area contributed by atoms with Crippen molar-refractivity contribution in [2.24, 2.45) is 0 Å². The van der Waals surface area contributed by atoms with Gasteiger partial charge in [0.25, 0.3) is 0 Å². The van der Waals surface area contributed by atoms with Crippen LogP contribution in [-0.4, -0.2) is 47.8 Å². The van der Waals surface area contributed by atoms with E-state index in [-0.39, 0.29) is 24.5 Å². The number of ketones is 1. The maximum Gasteiger partial charge on any atom is 0.303 e. The molecule has 0 bridgehead atoms. The highest BCUT2D eigenvalue weighted by Crippen LogP contribution is 2.40. The van der Waals surface area contributed by atoms with Crippen LogP contribution in [0.1, 0.15) is 98.2 Å². The summed E-state index contributed by atoms with van der Waals surface area (Å²) in [4.78, 5) is 34.0. The van der Waals surface area contributed by atoms with Crippen molar-refractivity contribution in [3.8, 4) is 17.2 Å². The fourth-order valence-corrected chi connectivity index (χ4v) is 4.79. The number of carboxylic acid groups (broad SMARTS) is 2. The van der Waals surface area contributed by atoms with E-state index in [1.54, 1.807) is 0 Å². The molecule has 0 radical (unpaired) electrons. The van der Waals surface area contributed by atoms with Gasteiger partial charge in [-0.25, -0.2) is 0 Å². The van der Waals surface area contributed by atoms with Crippen molar-refractivity contribution in [2.45, 2.75) is 84.0 Å². The van der Waals surface area contributed by atoms with Crippen LogP contribution < -0.4 is 14.2 Å². The molecule has 2 aromatic carbocycles. The average molecular weight is 541 g/mol. The van der Waals surface area contributed by atoms with Gasteiger partial charge in [-0.05, 0) is 73.4 Å². The molecule has 8 nitrogen and oxygen atoms in total. The lowest BCUT2D eigenvalue weighted by Crippen LogP contribution is -2.17. The van der Waals surface area contributed by atoms with Crippen LogP contribution in [0.15, 0.2) is 30.3 Å². The number of fused-ring (bicyclic) bond motifs is 1. The van der Waals surface area contributed by atoms with Crippen molar-refractivity contribution in [2.75, 3.05) is 19.8 Å². The van der Waals surface area contributed by atoms with Crippen molar-refractivity contribution in [1.29, 1.82) is 0 Å². The van der Waals surface area contributed by atoms with Crippen LogP contribution in [0.4, 0.5) is 0 Å². The molecule has 0 saturated carbocycles. The van der Waals surface area contributed by atoms with Gasteiger partial charge in [0.1, 0.15) is 17.2 Å². The standard InChI is InChI=1S/C31H40O8/c1-21(2)30-27(14-13-25-26(32)16-19-39-31(25)30)38-17-6-4-3-5-8-22-10-12-24(37-18-7-9-28(33)34)20-23(22)11-15-29(35)36/h10,12-14,20-21H,3-9,11,15-19H2,1-2H3,(H,33,34)(H,35,36). The SMILES string of the molecule is CC(C)c1c(OCCCCCCc2ccc(OCCCC(=O)O)cc2CCC(=O)O)ccc2c1OCCC2=O. The smallest absolute Gasteiger partial charge is 0.303 e. The molecule has 0 aliphatic carbocycles. The molecule has 0 atom stereocenters. The molecule has 0 unspecified atom stereocenters. The van der Waals surface area contributed by atoms with Crippen LogP contribution in [0, 0.1) is 0 Å². The first-order valence-electron chi connectivity index (χ1n) is 13.9. The molecule has 0 amide bonds. The molecule has 0 saturated heterocycles. The lowest BCUT2D eigenvalue weighted by atomic mass is 9.94. The number of carbonyl (C=O) groups excluding carboxylic acids is 1. The third-order valence-corrected chi connectivity index (χ3v) is 6.80. The summed E-state index contributed by atoms with van der Waals surface area (Å²) in [6.45, 7) is 5.46. The van der Waals surface area contributed by atoms with Crippen molar-refractivity contribution < 1.29 is 38.8 Å². The monoisotopic (exact) mass is 540 g/mol. The van der Waals surface area contributed by atoms with E-state index in [0.717, 1.165) is 54.5 Å². The molecule has 3 rings (SSSR count). The predicted molar refractivity (Wildman–Crippen MR) is 147 cm³/mol. The first kappa shape index (κ1) is 30.0. The summed E-state index contributed by atoms with van der Waals surface area (Å²) in [5.41, 5.74) is 3.70. The van der Waals surface area contributed by atoms with Crippen LogP contribution in [-0.2, 0) is 22.4 Å². The van der Waals surface area contributed by atoms with Gasteiger partial charge in [-0.1, -0.05) is 32.8 Å². The molecule has 1 heterocycles. The van der Waals surface area contributed by atoms with Gasteiger partial charge in [-0.3, -0.25) is 14.4 Å². The van der Waals surface area contributed by atoms with E-state index in [4.69, 9.17) is 24.4 Å². The first-order chi connectivity index (χ1) is 18.8. The summed E-state index contributed by atoms with van der Waals surface area (Å²) in [5.74, 6) is 0.701. The third-order valence-electron chi connectivity index (χ3n) is 6.80. The van der Waals surface area contributed by atoms with Gasteiger partial charge in [-0.2, -0.15) is 0 Å². The Labute approximate surface area is 230 Å². The van der Waals surface area contributed by atoms with E-state index in [1.165, 1.54) is 0 Å². The number of Topliss-reactive ketones (excluding diaryl/α,β-unsaturated/α-hetero) is 1. The van der Waals surface area contributed by atoms with Gasteiger partial charge < -0.3 is 24.4 Å². The van der Waals surface area contributed by atoms with Crippen molar-refractivity contribution in [3.63, 3.8) is 0 Å². The second-order valence-electron chi connectivity index (χ2n) is 10.2. The summed E-state index contributed by atoms with van der Waals surface area (Å²) in [5, 5.41) is 17.9. The molecule has 0 spiro atoms. The van der Waals surface area contributed by atoms with Crippen molar-refractivity contribution in [1.82, 2.24) is 0 Å².